The molecule has 0 aliphatic rings. The van der Waals surface area contributed by atoms with Crippen molar-refractivity contribution in [2.24, 2.45) is 4.99 Å². The molecule has 0 saturated heterocycles. The predicted octanol–water partition coefficient (Wildman–Crippen LogP) is 1.07. The monoisotopic (exact) mass is 370 g/mol. The Morgan fingerprint density at radius 1 is 1.24 bits per heavy atom. The minimum Gasteiger partial charge on any atom is -0.496 e. The third kappa shape index (κ3) is 7.74. The molecule has 0 aromatic heterocycles. The zero-order valence-electron chi connectivity index (χ0n) is 15.6. The molecular formula is C17H30N4O3S. The summed E-state index contributed by atoms with van der Waals surface area (Å²) in [6, 6.07) is 7.93. The molecule has 25 heavy (non-hydrogen) atoms. The SMILES string of the molecule is CCN(CCCNC(=NC)NCCc1ccccc1OC)S(C)(=O)=O. The molecule has 0 amide bonds. The maximum Gasteiger partial charge on any atom is 0.211 e. The molecule has 1 aromatic carbocycles. The summed E-state index contributed by atoms with van der Waals surface area (Å²) in [5.41, 5.74) is 1.14. The predicted molar refractivity (Wildman–Crippen MR) is 103 cm³/mol. The lowest BCUT2D eigenvalue weighted by Crippen LogP contribution is -2.40. The van der Waals surface area contributed by atoms with Gasteiger partial charge in [-0.15, -0.1) is 0 Å². The lowest BCUT2D eigenvalue weighted by molar-refractivity contribution is 0.409. The molecule has 8 heteroatoms. The second-order valence-corrected chi connectivity index (χ2v) is 7.58. The first-order valence-electron chi connectivity index (χ1n) is 8.43. The van der Waals surface area contributed by atoms with Crippen LogP contribution in [0.25, 0.3) is 0 Å². The van der Waals surface area contributed by atoms with Gasteiger partial charge in [0.1, 0.15) is 5.75 Å². The third-order valence-electron chi connectivity index (χ3n) is 3.80. The summed E-state index contributed by atoms with van der Waals surface area (Å²) in [6.07, 6.45) is 2.78. The van der Waals surface area contributed by atoms with Crippen LogP contribution in [0.4, 0.5) is 0 Å². The molecule has 142 valence electrons. The highest BCUT2D eigenvalue weighted by molar-refractivity contribution is 7.88. The molecule has 1 aromatic rings. The molecule has 0 unspecified atom stereocenters. The molecule has 0 heterocycles. The molecule has 1 rings (SSSR count). The van der Waals surface area contributed by atoms with E-state index in [1.165, 1.54) is 10.6 Å². The summed E-state index contributed by atoms with van der Waals surface area (Å²) < 4.78 is 29.9. The topological polar surface area (TPSA) is 83.0 Å². The van der Waals surface area contributed by atoms with Crippen LogP contribution in [0.5, 0.6) is 5.75 Å². The Morgan fingerprint density at radius 3 is 2.52 bits per heavy atom. The number of ether oxygens (including phenoxy) is 1. The van der Waals surface area contributed by atoms with Gasteiger partial charge in [0.25, 0.3) is 0 Å². The number of hydrogen-bond donors (Lipinski definition) is 2. The van der Waals surface area contributed by atoms with E-state index < -0.39 is 10.0 Å². The Labute approximate surface area is 151 Å². The number of guanidine groups is 1. The van der Waals surface area contributed by atoms with Crippen LogP contribution < -0.4 is 15.4 Å². The minimum atomic E-state index is -3.12. The standard InChI is InChI=1S/C17H30N4O3S/c1-5-21(25(4,22)23)14-8-12-19-17(18-2)20-13-11-15-9-6-7-10-16(15)24-3/h6-7,9-10H,5,8,11-14H2,1-4H3,(H2,18,19,20). The lowest BCUT2D eigenvalue weighted by Gasteiger charge is -2.18. The molecular weight excluding hydrogens is 340 g/mol. The number of rotatable bonds is 10. The smallest absolute Gasteiger partial charge is 0.211 e. The highest BCUT2D eigenvalue weighted by Gasteiger charge is 2.13. The molecule has 7 nitrogen and oxygen atoms in total. The number of benzene rings is 1. The Hall–Kier alpha value is -1.80. The molecule has 0 saturated carbocycles. The van der Waals surface area contributed by atoms with E-state index in [0.29, 0.717) is 32.0 Å². The fourth-order valence-electron chi connectivity index (χ4n) is 2.47. The highest BCUT2D eigenvalue weighted by atomic mass is 32.2. The van der Waals surface area contributed by atoms with Gasteiger partial charge in [0, 0.05) is 33.2 Å². The molecule has 0 aliphatic carbocycles. The van der Waals surface area contributed by atoms with E-state index in [-0.39, 0.29) is 0 Å². The van der Waals surface area contributed by atoms with Gasteiger partial charge in [-0.1, -0.05) is 25.1 Å². The van der Waals surface area contributed by atoms with Crippen LogP contribution in [0.1, 0.15) is 18.9 Å². The van der Waals surface area contributed by atoms with Gasteiger partial charge in [0.2, 0.25) is 10.0 Å². The zero-order valence-corrected chi connectivity index (χ0v) is 16.4. The van der Waals surface area contributed by atoms with E-state index in [9.17, 15) is 8.42 Å². The normalized spacial score (nSPS) is 12.3. The van der Waals surface area contributed by atoms with Gasteiger partial charge in [-0.25, -0.2) is 12.7 Å². The van der Waals surface area contributed by atoms with Crippen LogP contribution in [-0.4, -0.2) is 65.3 Å². The fourth-order valence-corrected chi connectivity index (χ4v) is 3.40. The first-order valence-corrected chi connectivity index (χ1v) is 10.3. The van der Waals surface area contributed by atoms with Gasteiger partial charge < -0.3 is 15.4 Å². The molecule has 0 radical (unpaired) electrons. The van der Waals surface area contributed by atoms with Crippen molar-refractivity contribution in [1.29, 1.82) is 0 Å². The number of methoxy groups -OCH3 is 1. The number of nitrogens with zero attached hydrogens (tertiary/aromatic N) is 2. The van der Waals surface area contributed by atoms with Crippen molar-refractivity contribution in [2.75, 3.05) is 46.6 Å². The molecule has 0 aliphatic heterocycles. The van der Waals surface area contributed by atoms with Gasteiger partial charge in [0.05, 0.1) is 13.4 Å². The van der Waals surface area contributed by atoms with Crippen LogP contribution in [0.15, 0.2) is 29.3 Å². The van der Waals surface area contributed by atoms with Crippen LogP contribution >= 0.6 is 0 Å². The van der Waals surface area contributed by atoms with Gasteiger partial charge in [-0.05, 0) is 24.5 Å². The van der Waals surface area contributed by atoms with Crippen molar-refractivity contribution in [2.45, 2.75) is 19.8 Å². The van der Waals surface area contributed by atoms with Crippen LogP contribution in [-0.2, 0) is 16.4 Å². The zero-order chi connectivity index (χ0) is 18.7. The van der Waals surface area contributed by atoms with E-state index in [1.807, 2.05) is 31.2 Å². The summed E-state index contributed by atoms with van der Waals surface area (Å²) in [5, 5.41) is 6.45. The average Bonchev–Trinajstić information content (AvgIpc) is 2.59. The van der Waals surface area contributed by atoms with Crippen molar-refractivity contribution in [3.63, 3.8) is 0 Å². The Bertz CT molecular complexity index is 647. The number of hydrogen-bond acceptors (Lipinski definition) is 4. The quantitative estimate of drug-likeness (QED) is 0.366. The average molecular weight is 371 g/mol. The van der Waals surface area contributed by atoms with E-state index in [4.69, 9.17) is 4.74 Å². The van der Waals surface area contributed by atoms with Crippen molar-refractivity contribution in [3.8, 4) is 5.75 Å². The Kier molecular flexibility index (Phi) is 9.30. The van der Waals surface area contributed by atoms with Gasteiger partial charge in [-0.2, -0.15) is 0 Å². The summed E-state index contributed by atoms with van der Waals surface area (Å²) >= 11 is 0. The fraction of sp³-hybridized carbons (Fsp3) is 0.588. The van der Waals surface area contributed by atoms with Crippen LogP contribution in [0.3, 0.4) is 0 Å². The maximum atomic E-state index is 11.5. The number of aliphatic imine (C=N–C) groups is 1. The molecule has 0 spiro atoms. The summed E-state index contributed by atoms with van der Waals surface area (Å²) in [6.45, 7) is 4.21. The Balaban J connectivity index is 2.33. The molecule has 0 fully saturated rings. The first-order chi connectivity index (χ1) is 11.9. The maximum absolute atomic E-state index is 11.5. The number of sulfonamides is 1. The Morgan fingerprint density at radius 2 is 1.92 bits per heavy atom. The van der Waals surface area contributed by atoms with Crippen molar-refractivity contribution < 1.29 is 13.2 Å². The van der Waals surface area contributed by atoms with Crippen LogP contribution in [0, 0.1) is 0 Å². The molecule has 0 bridgehead atoms. The third-order valence-corrected chi connectivity index (χ3v) is 5.18. The van der Waals surface area contributed by atoms with Gasteiger partial charge in [0.15, 0.2) is 5.96 Å². The van der Waals surface area contributed by atoms with E-state index in [2.05, 4.69) is 15.6 Å². The van der Waals surface area contributed by atoms with E-state index >= 15 is 0 Å². The summed E-state index contributed by atoms with van der Waals surface area (Å²) in [4.78, 5) is 4.18. The highest BCUT2D eigenvalue weighted by Crippen LogP contribution is 2.17. The van der Waals surface area contributed by atoms with Gasteiger partial charge >= 0.3 is 0 Å². The number of para-hydroxylation sites is 1. The largest absolute Gasteiger partial charge is 0.496 e. The minimum absolute atomic E-state index is 0.491. The van der Waals surface area contributed by atoms with Crippen molar-refractivity contribution in [1.82, 2.24) is 14.9 Å². The van der Waals surface area contributed by atoms with E-state index in [0.717, 1.165) is 24.3 Å². The van der Waals surface area contributed by atoms with E-state index in [1.54, 1.807) is 14.2 Å². The van der Waals surface area contributed by atoms with Crippen molar-refractivity contribution in [3.05, 3.63) is 29.8 Å². The second kappa shape index (κ2) is 10.9. The molecule has 2 N–H and O–H groups in total. The summed E-state index contributed by atoms with van der Waals surface area (Å²) in [7, 11) is 0.260. The number of nitrogens with one attached hydrogen (secondary N) is 2. The first kappa shape index (κ1) is 21.2. The molecule has 0 atom stereocenters. The summed E-state index contributed by atoms with van der Waals surface area (Å²) in [5.74, 6) is 1.59. The van der Waals surface area contributed by atoms with Gasteiger partial charge in [-0.3, -0.25) is 4.99 Å². The second-order valence-electron chi connectivity index (χ2n) is 5.60. The van der Waals surface area contributed by atoms with Crippen LogP contribution in [0.2, 0.25) is 0 Å². The lowest BCUT2D eigenvalue weighted by atomic mass is 10.1. The van der Waals surface area contributed by atoms with Crippen molar-refractivity contribution >= 4 is 16.0 Å².